The van der Waals surface area contributed by atoms with E-state index < -0.39 is 21.5 Å². The summed E-state index contributed by atoms with van der Waals surface area (Å²) >= 11 is 3.38. The Labute approximate surface area is 212 Å². The van der Waals surface area contributed by atoms with Crippen LogP contribution in [0.25, 0.3) is 5.69 Å². The molecule has 0 saturated carbocycles. The van der Waals surface area contributed by atoms with Crippen LogP contribution in [0, 0.1) is 0 Å². The number of nitrogens with zero attached hydrogens (tertiary/aromatic N) is 3. The zero-order chi connectivity index (χ0) is 25.3. The molecule has 0 unspecified atom stereocenters. The molecule has 3 N–H and O–H groups in total. The Morgan fingerprint density at radius 1 is 1.00 bits per heavy atom. The number of para-hydroxylation sites is 1. The Morgan fingerprint density at radius 2 is 1.69 bits per heavy atom. The number of sulfonamides is 1. The van der Waals surface area contributed by atoms with Crippen LogP contribution in [0.4, 0.5) is 11.4 Å². The average molecular weight is 563 g/mol. The number of amides is 1. The highest BCUT2D eigenvalue weighted by molar-refractivity contribution is 9.09. The van der Waals surface area contributed by atoms with E-state index in [4.69, 9.17) is 0 Å². The summed E-state index contributed by atoms with van der Waals surface area (Å²) in [4.78, 5) is 25.3. The first-order chi connectivity index (χ1) is 16.9. The van der Waals surface area contributed by atoms with Crippen LogP contribution >= 0.6 is 15.9 Å². The van der Waals surface area contributed by atoms with Gasteiger partial charge in [0.2, 0.25) is 10.0 Å². The number of carbonyl (C=O) groups is 1. The van der Waals surface area contributed by atoms with Gasteiger partial charge in [-0.2, -0.15) is 5.11 Å². The van der Waals surface area contributed by atoms with E-state index in [1.165, 1.54) is 36.0 Å². The third kappa shape index (κ3) is 6.96. The van der Waals surface area contributed by atoms with E-state index in [0.29, 0.717) is 17.9 Å². The van der Waals surface area contributed by atoms with Crippen molar-refractivity contribution in [3.8, 4) is 5.69 Å². The van der Waals surface area contributed by atoms with Gasteiger partial charge >= 0.3 is 0 Å². The molecule has 12 heteroatoms. The molecule has 0 spiro atoms. The lowest BCUT2D eigenvalue weighted by molar-refractivity contribution is 0.0958. The predicted molar refractivity (Wildman–Crippen MR) is 138 cm³/mol. The maximum absolute atomic E-state index is 12.9. The lowest BCUT2D eigenvalue weighted by Crippen LogP contribution is -2.24. The predicted octanol–water partition coefficient (Wildman–Crippen LogP) is 4.17. The largest absolute Gasteiger partial charge is 0.354 e. The number of rotatable bonds is 12. The van der Waals surface area contributed by atoms with Crippen molar-refractivity contribution in [1.29, 1.82) is 0 Å². The molecule has 0 bridgehead atoms. The number of hydrogen-bond acceptors (Lipinski definition) is 6. The van der Waals surface area contributed by atoms with Gasteiger partial charge in [-0.3, -0.25) is 14.7 Å². The molecule has 0 saturated heterocycles. The maximum atomic E-state index is 12.9. The molecular formula is C23H27BrN6O4S. The SMILES string of the molecule is CNC(=O)c1[nH]n(-c2ccccc2)c(=O)c1N=Nc1ccc(S(=O)(=O)NCCCCCCBr)cc1. The van der Waals surface area contributed by atoms with Crippen LogP contribution in [-0.4, -0.2) is 43.0 Å². The van der Waals surface area contributed by atoms with Crippen molar-refractivity contribution in [2.75, 3.05) is 18.9 Å². The van der Waals surface area contributed by atoms with Gasteiger partial charge < -0.3 is 5.32 Å². The van der Waals surface area contributed by atoms with Crippen molar-refractivity contribution in [1.82, 2.24) is 19.8 Å². The Balaban J connectivity index is 1.76. The summed E-state index contributed by atoms with van der Waals surface area (Å²) in [5.74, 6) is -0.523. The minimum atomic E-state index is -3.64. The summed E-state index contributed by atoms with van der Waals surface area (Å²) < 4.78 is 28.8. The van der Waals surface area contributed by atoms with Crippen LogP contribution in [-0.2, 0) is 10.0 Å². The zero-order valence-corrected chi connectivity index (χ0v) is 21.6. The van der Waals surface area contributed by atoms with E-state index in [1.54, 1.807) is 24.3 Å². The maximum Gasteiger partial charge on any atom is 0.299 e. The van der Waals surface area contributed by atoms with Gasteiger partial charge in [-0.1, -0.05) is 47.0 Å². The smallest absolute Gasteiger partial charge is 0.299 e. The van der Waals surface area contributed by atoms with Gasteiger partial charge in [-0.15, -0.1) is 5.11 Å². The summed E-state index contributed by atoms with van der Waals surface area (Å²) in [6.45, 7) is 0.371. The normalized spacial score (nSPS) is 11.7. The van der Waals surface area contributed by atoms with Crippen molar-refractivity contribution < 1.29 is 13.2 Å². The molecule has 1 heterocycles. The molecule has 1 amide bonds. The van der Waals surface area contributed by atoms with E-state index >= 15 is 0 Å². The summed E-state index contributed by atoms with van der Waals surface area (Å²) in [7, 11) is -2.19. The number of hydrogen-bond donors (Lipinski definition) is 3. The van der Waals surface area contributed by atoms with Gasteiger partial charge in [0.1, 0.15) is 0 Å². The first-order valence-corrected chi connectivity index (χ1v) is 13.7. The van der Waals surface area contributed by atoms with Gasteiger partial charge in [0.25, 0.3) is 11.5 Å². The second kappa shape index (κ2) is 12.6. The molecular weight excluding hydrogens is 536 g/mol. The van der Waals surface area contributed by atoms with Gasteiger partial charge in [-0.25, -0.2) is 17.8 Å². The molecule has 35 heavy (non-hydrogen) atoms. The standard InChI is InChI=1S/C23H27BrN6O4S/c1-25-22(31)20-21(23(32)30(29-20)18-9-5-4-6-10-18)28-27-17-11-13-19(14-12-17)35(33,34)26-16-8-3-2-7-15-24/h4-6,9-14,26,29H,2-3,7-8,15-16H2,1H3,(H,25,31). The molecule has 0 aliphatic carbocycles. The Morgan fingerprint density at radius 3 is 2.34 bits per heavy atom. The quantitative estimate of drug-likeness (QED) is 0.173. The summed E-state index contributed by atoms with van der Waals surface area (Å²) in [5, 5.41) is 14.2. The van der Waals surface area contributed by atoms with Crippen LogP contribution < -0.4 is 15.6 Å². The third-order valence-electron chi connectivity index (χ3n) is 5.10. The number of nitrogens with one attached hydrogen (secondary N) is 3. The molecule has 186 valence electrons. The highest BCUT2D eigenvalue weighted by atomic mass is 79.9. The van der Waals surface area contributed by atoms with Gasteiger partial charge in [0.05, 0.1) is 16.3 Å². The Kier molecular flexibility index (Phi) is 9.52. The fourth-order valence-electron chi connectivity index (χ4n) is 3.23. The van der Waals surface area contributed by atoms with Crippen molar-refractivity contribution in [3.63, 3.8) is 0 Å². The summed E-state index contributed by atoms with van der Waals surface area (Å²) in [6, 6.07) is 14.6. The molecule has 0 aliphatic heterocycles. The number of aromatic nitrogens is 2. The average Bonchev–Trinajstić information content (AvgIpc) is 3.21. The number of aromatic amines is 1. The molecule has 0 fully saturated rings. The minimum absolute atomic E-state index is 0.0374. The van der Waals surface area contributed by atoms with Gasteiger partial charge in [0, 0.05) is 18.9 Å². The fraction of sp³-hybridized carbons (Fsp3) is 0.304. The number of alkyl halides is 1. The number of H-pyrrole nitrogens is 1. The van der Waals surface area contributed by atoms with E-state index in [9.17, 15) is 18.0 Å². The van der Waals surface area contributed by atoms with Crippen molar-refractivity contribution in [3.05, 3.63) is 70.6 Å². The van der Waals surface area contributed by atoms with Crippen LogP contribution in [0.5, 0.6) is 0 Å². The molecule has 1 aromatic heterocycles. The van der Waals surface area contributed by atoms with Gasteiger partial charge in [0.15, 0.2) is 11.4 Å². The lowest BCUT2D eigenvalue weighted by atomic mass is 10.2. The zero-order valence-electron chi connectivity index (χ0n) is 19.2. The third-order valence-corrected chi connectivity index (χ3v) is 7.14. The molecule has 3 aromatic rings. The van der Waals surface area contributed by atoms with Crippen LogP contribution in [0.15, 0.2) is 74.5 Å². The molecule has 0 aliphatic rings. The number of unbranched alkanes of at least 4 members (excludes halogenated alkanes) is 3. The molecule has 0 radical (unpaired) electrons. The van der Waals surface area contributed by atoms with E-state index in [1.807, 2.05) is 6.07 Å². The number of carbonyl (C=O) groups excluding carboxylic acids is 1. The molecule has 0 atom stereocenters. The Hall–Kier alpha value is -3.09. The van der Waals surface area contributed by atoms with Crippen molar-refractivity contribution >= 4 is 43.2 Å². The first-order valence-electron chi connectivity index (χ1n) is 11.1. The second-order valence-electron chi connectivity index (χ2n) is 7.59. The second-order valence-corrected chi connectivity index (χ2v) is 10.1. The summed E-state index contributed by atoms with van der Waals surface area (Å²) in [5.41, 5.74) is 0.122. The topological polar surface area (TPSA) is 138 Å². The number of benzene rings is 2. The van der Waals surface area contributed by atoms with Crippen molar-refractivity contribution in [2.24, 2.45) is 10.2 Å². The van der Waals surface area contributed by atoms with Crippen LogP contribution in [0.3, 0.4) is 0 Å². The van der Waals surface area contributed by atoms with Crippen molar-refractivity contribution in [2.45, 2.75) is 30.6 Å². The molecule has 3 rings (SSSR count). The lowest BCUT2D eigenvalue weighted by Gasteiger charge is -2.06. The van der Waals surface area contributed by atoms with Gasteiger partial charge in [-0.05, 0) is 49.2 Å². The molecule has 2 aromatic carbocycles. The van der Waals surface area contributed by atoms with E-state index in [0.717, 1.165) is 31.0 Å². The highest BCUT2D eigenvalue weighted by Gasteiger charge is 2.20. The first kappa shape index (κ1) is 26.5. The van der Waals surface area contributed by atoms with E-state index in [-0.39, 0.29) is 16.3 Å². The fourth-order valence-corrected chi connectivity index (χ4v) is 4.70. The highest BCUT2D eigenvalue weighted by Crippen LogP contribution is 2.21. The van der Waals surface area contributed by atoms with Crippen LogP contribution in [0.1, 0.15) is 36.2 Å². The minimum Gasteiger partial charge on any atom is -0.354 e. The molecule has 10 nitrogen and oxygen atoms in total. The number of azo groups is 1. The van der Waals surface area contributed by atoms with Crippen LogP contribution in [0.2, 0.25) is 0 Å². The Bertz CT molecular complexity index is 1320. The summed E-state index contributed by atoms with van der Waals surface area (Å²) in [6.07, 6.45) is 3.84. The monoisotopic (exact) mass is 562 g/mol. The number of halogens is 1. The van der Waals surface area contributed by atoms with E-state index in [2.05, 4.69) is 41.3 Å².